The Hall–Kier alpha value is -2.08. The molecule has 1 saturated carbocycles. The first-order valence-corrected chi connectivity index (χ1v) is 10.2. The molecule has 4 aliphatic rings. The quantitative estimate of drug-likeness (QED) is 0.835. The number of thioether (sulfide) groups is 1. The lowest BCUT2D eigenvalue weighted by Crippen LogP contribution is -2.34. The van der Waals surface area contributed by atoms with E-state index in [4.69, 9.17) is 4.99 Å². The Kier molecular flexibility index (Phi) is 3.89. The minimum absolute atomic E-state index is 0.0201. The molecule has 0 radical (unpaired) electrons. The van der Waals surface area contributed by atoms with Gasteiger partial charge in [-0.25, -0.2) is 0 Å². The van der Waals surface area contributed by atoms with Crippen LogP contribution in [-0.4, -0.2) is 34.8 Å². The topological polar surface area (TPSA) is 61.8 Å². The molecule has 1 saturated heterocycles. The van der Waals surface area contributed by atoms with Crippen LogP contribution in [0.5, 0.6) is 0 Å². The van der Waals surface area contributed by atoms with Gasteiger partial charge in [-0.1, -0.05) is 42.1 Å². The van der Waals surface area contributed by atoms with Crippen molar-refractivity contribution >= 4 is 34.4 Å². The van der Waals surface area contributed by atoms with E-state index in [2.05, 4.69) is 23.5 Å². The SMILES string of the molecule is O=C1NC(=NC2CC3C=CC2C3)SC1CC(=O)N1CCc2ccccc21. The molecule has 0 spiro atoms. The molecule has 1 N–H and O–H groups in total. The van der Waals surface area contributed by atoms with Gasteiger partial charge in [-0.05, 0) is 42.7 Å². The number of aliphatic imine (C=N–C) groups is 1. The maximum atomic E-state index is 12.7. The molecule has 6 heteroatoms. The number of hydrogen-bond donors (Lipinski definition) is 1. The normalized spacial score (nSPS) is 33.2. The lowest BCUT2D eigenvalue weighted by molar-refractivity contribution is -0.123. The van der Waals surface area contributed by atoms with E-state index in [9.17, 15) is 9.59 Å². The van der Waals surface area contributed by atoms with Gasteiger partial charge in [0.2, 0.25) is 11.8 Å². The van der Waals surface area contributed by atoms with Crippen LogP contribution in [0.15, 0.2) is 41.4 Å². The largest absolute Gasteiger partial charge is 0.312 e. The van der Waals surface area contributed by atoms with Gasteiger partial charge >= 0.3 is 0 Å². The molecule has 2 amide bonds. The van der Waals surface area contributed by atoms with E-state index < -0.39 is 0 Å². The number of allylic oxidation sites excluding steroid dienone is 1. The first-order valence-electron chi connectivity index (χ1n) is 9.29. The highest BCUT2D eigenvalue weighted by Gasteiger charge is 2.39. The summed E-state index contributed by atoms with van der Waals surface area (Å²) in [5.41, 5.74) is 2.19. The standard InChI is InChI=1S/C20H21N3O2S/c24-18(23-8-7-13-3-1-2-4-16(13)23)11-17-19(25)22-20(26-17)21-15-10-12-5-6-14(15)9-12/h1-6,12,14-15,17H,7-11H2,(H,21,22,25). The number of nitrogens with one attached hydrogen (secondary N) is 1. The average Bonchev–Trinajstić information content (AvgIpc) is 3.39. The number of amidine groups is 1. The van der Waals surface area contributed by atoms with Crippen LogP contribution in [0.25, 0.3) is 0 Å². The lowest BCUT2D eigenvalue weighted by atomic mass is 10.0. The zero-order valence-corrected chi connectivity index (χ0v) is 15.2. The molecular weight excluding hydrogens is 346 g/mol. The summed E-state index contributed by atoms with van der Waals surface area (Å²) >= 11 is 1.42. The number of rotatable bonds is 3. The molecule has 134 valence electrons. The van der Waals surface area contributed by atoms with Crippen LogP contribution in [0.2, 0.25) is 0 Å². The highest BCUT2D eigenvalue weighted by molar-refractivity contribution is 8.15. The van der Waals surface area contributed by atoms with Crippen LogP contribution in [0.1, 0.15) is 24.8 Å². The molecule has 5 rings (SSSR count). The van der Waals surface area contributed by atoms with Gasteiger partial charge in [-0.15, -0.1) is 0 Å². The molecule has 1 aromatic carbocycles. The summed E-state index contributed by atoms with van der Waals surface area (Å²) in [6.45, 7) is 0.704. The highest BCUT2D eigenvalue weighted by Crippen LogP contribution is 2.41. The number of para-hydroxylation sites is 1. The Bertz CT molecular complexity index is 834. The lowest BCUT2D eigenvalue weighted by Gasteiger charge is -2.18. The zero-order chi connectivity index (χ0) is 17.7. The predicted octanol–water partition coefficient (Wildman–Crippen LogP) is 2.52. The van der Waals surface area contributed by atoms with Gasteiger partial charge in [0.15, 0.2) is 5.17 Å². The second kappa shape index (κ2) is 6.27. The molecule has 2 fully saturated rings. The molecule has 5 nitrogen and oxygen atoms in total. The van der Waals surface area contributed by atoms with Crippen molar-refractivity contribution in [3.05, 3.63) is 42.0 Å². The number of anilines is 1. The molecule has 26 heavy (non-hydrogen) atoms. The van der Waals surface area contributed by atoms with E-state index in [1.807, 2.05) is 23.1 Å². The fraction of sp³-hybridized carbons (Fsp3) is 0.450. The van der Waals surface area contributed by atoms with Gasteiger partial charge in [0.25, 0.3) is 0 Å². The number of carbonyl (C=O) groups excluding carboxylic acids is 2. The Morgan fingerprint density at radius 1 is 1.27 bits per heavy atom. The third-order valence-corrected chi connectivity index (χ3v) is 6.95. The predicted molar refractivity (Wildman–Crippen MR) is 103 cm³/mol. The number of amides is 2. The number of carbonyl (C=O) groups is 2. The van der Waals surface area contributed by atoms with Crippen molar-refractivity contribution in [2.24, 2.45) is 16.8 Å². The maximum Gasteiger partial charge on any atom is 0.240 e. The van der Waals surface area contributed by atoms with Crippen molar-refractivity contribution in [2.75, 3.05) is 11.4 Å². The van der Waals surface area contributed by atoms with Crippen LogP contribution in [0.3, 0.4) is 0 Å². The first kappa shape index (κ1) is 16.1. The molecule has 4 atom stereocenters. The van der Waals surface area contributed by atoms with E-state index in [1.165, 1.54) is 23.7 Å². The molecule has 2 bridgehead atoms. The molecular formula is C20H21N3O2S. The van der Waals surface area contributed by atoms with Crippen molar-refractivity contribution in [3.8, 4) is 0 Å². The van der Waals surface area contributed by atoms with Crippen LogP contribution < -0.4 is 10.2 Å². The van der Waals surface area contributed by atoms with Crippen molar-refractivity contribution in [1.82, 2.24) is 5.32 Å². The molecule has 2 heterocycles. The zero-order valence-electron chi connectivity index (χ0n) is 14.4. The second-order valence-corrected chi connectivity index (χ2v) is 8.70. The molecule has 4 unspecified atom stereocenters. The fourth-order valence-corrected chi connectivity index (χ4v) is 5.53. The fourth-order valence-electron chi connectivity index (χ4n) is 4.52. The Labute approximate surface area is 156 Å². The van der Waals surface area contributed by atoms with Crippen molar-refractivity contribution in [1.29, 1.82) is 0 Å². The van der Waals surface area contributed by atoms with Gasteiger partial charge in [0, 0.05) is 18.7 Å². The summed E-state index contributed by atoms with van der Waals surface area (Å²) in [5.74, 6) is 1.11. The van der Waals surface area contributed by atoms with Gasteiger partial charge in [0.1, 0.15) is 5.25 Å². The smallest absolute Gasteiger partial charge is 0.240 e. The minimum Gasteiger partial charge on any atom is -0.312 e. The molecule has 2 aliphatic carbocycles. The Morgan fingerprint density at radius 3 is 2.96 bits per heavy atom. The van der Waals surface area contributed by atoms with E-state index in [0.717, 1.165) is 18.5 Å². The number of nitrogens with zero attached hydrogens (tertiary/aromatic N) is 2. The van der Waals surface area contributed by atoms with Gasteiger partial charge in [-0.2, -0.15) is 0 Å². The third-order valence-electron chi connectivity index (χ3n) is 5.85. The summed E-state index contributed by atoms with van der Waals surface area (Å²) in [6, 6.07) is 8.29. The Morgan fingerprint density at radius 2 is 2.15 bits per heavy atom. The number of fused-ring (bicyclic) bond motifs is 3. The van der Waals surface area contributed by atoms with Crippen LogP contribution >= 0.6 is 11.8 Å². The summed E-state index contributed by atoms with van der Waals surface area (Å²) in [5, 5.41) is 3.21. The van der Waals surface area contributed by atoms with Gasteiger partial charge in [-0.3, -0.25) is 14.6 Å². The van der Waals surface area contributed by atoms with E-state index >= 15 is 0 Å². The van der Waals surface area contributed by atoms with Crippen LogP contribution in [-0.2, 0) is 16.0 Å². The van der Waals surface area contributed by atoms with Crippen molar-refractivity contribution < 1.29 is 9.59 Å². The van der Waals surface area contributed by atoms with E-state index in [-0.39, 0.29) is 29.5 Å². The highest BCUT2D eigenvalue weighted by atomic mass is 32.2. The summed E-state index contributed by atoms with van der Waals surface area (Å²) in [6.07, 6.45) is 7.93. The van der Waals surface area contributed by atoms with Gasteiger partial charge in [0.05, 0.1) is 6.04 Å². The van der Waals surface area contributed by atoms with Crippen molar-refractivity contribution in [2.45, 2.75) is 37.0 Å². The van der Waals surface area contributed by atoms with Crippen molar-refractivity contribution in [3.63, 3.8) is 0 Å². The first-order chi connectivity index (χ1) is 12.7. The van der Waals surface area contributed by atoms with E-state index in [1.54, 1.807) is 0 Å². The summed E-state index contributed by atoms with van der Waals surface area (Å²) in [7, 11) is 0. The monoisotopic (exact) mass is 367 g/mol. The maximum absolute atomic E-state index is 12.7. The molecule has 2 aliphatic heterocycles. The molecule has 0 aromatic heterocycles. The van der Waals surface area contributed by atoms with Crippen LogP contribution in [0, 0.1) is 11.8 Å². The van der Waals surface area contributed by atoms with E-state index in [0.29, 0.717) is 23.5 Å². The second-order valence-electron chi connectivity index (χ2n) is 7.51. The van der Waals surface area contributed by atoms with Crippen LogP contribution in [0.4, 0.5) is 5.69 Å². The summed E-state index contributed by atoms with van der Waals surface area (Å²) < 4.78 is 0. The van der Waals surface area contributed by atoms with Gasteiger partial charge < -0.3 is 10.2 Å². The number of benzene rings is 1. The minimum atomic E-state index is -0.372. The number of hydrogen-bond acceptors (Lipinski definition) is 4. The average molecular weight is 367 g/mol. The third kappa shape index (κ3) is 2.76. The molecule has 1 aromatic rings. The Balaban J connectivity index is 1.25. The summed E-state index contributed by atoms with van der Waals surface area (Å²) in [4.78, 5) is 31.7.